The summed E-state index contributed by atoms with van der Waals surface area (Å²) in [6.07, 6.45) is 10.4. The molecule has 106 heavy (non-hydrogen) atoms. The monoisotopic (exact) mass is 1520 g/mol. The molecule has 0 unspecified atom stereocenters. The molecule has 0 aliphatic carbocycles. The van der Waals surface area contributed by atoms with Crippen LogP contribution in [0, 0.1) is 54.9 Å². The van der Waals surface area contributed by atoms with Crippen LogP contribution in [0.1, 0.15) is 48.5 Å². The average molecular weight is 1520 g/mol. The van der Waals surface area contributed by atoms with Crippen LogP contribution >= 0.6 is 0 Å². The number of phenols is 4. The van der Waals surface area contributed by atoms with E-state index in [4.69, 9.17) is 61.7 Å². The van der Waals surface area contributed by atoms with Crippen molar-refractivity contribution in [3.8, 4) is 111 Å². The van der Waals surface area contributed by atoms with Crippen molar-refractivity contribution in [1.29, 1.82) is 0 Å². The minimum absolute atomic E-state index is 0. The van der Waals surface area contributed by atoms with E-state index in [9.17, 15) is 53.1 Å². The number of carbonyl (C=O) groups excluding carboxylic acids is 2. The van der Waals surface area contributed by atoms with Gasteiger partial charge in [-0.1, -0.05) is 11.8 Å². The Hall–Kier alpha value is -10.1. The number of aryl methyl sites for hydroxylation is 1. The van der Waals surface area contributed by atoms with Gasteiger partial charge in [0, 0.05) is 51.6 Å². The Morgan fingerprint density at radius 1 is 0.349 bits per heavy atom. The van der Waals surface area contributed by atoms with Crippen molar-refractivity contribution in [2.75, 3.05) is 7.11 Å². The van der Waals surface area contributed by atoms with E-state index in [1.165, 1.54) is 72.8 Å². The molecule has 0 aliphatic rings. The van der Waals surface area contributed by atoms with Gasteiger partial charge in [-0.15, -0.1) is 12.8 Å². The minimum atomic E-state index is -4.95. The molecule has 0 aromatic heterocycles. The van der Waals surface area contributed by atoms with Crippen LogP contribution in [0.25, 0.3) is 0 Å². The Balaban J connectivity index is 0.000000256. The number of carbonyl (C=O) groups is 2. The number of aromatic hydroxyl groups is 4. The predicted molar refractivity (Wildman–Crippen MR) is 374 cm³/mol. The fourth-order valence-electron chi connectivity index (χ4n) is 8.87. The fourth-order valence-corrected chi connectivity index (χ4v) is 10.1. The SMILES string of the molecule is C#Cc1cc(C)cc(Oc2ccc(Oc3ccc(C(=O)c4ccc(Oc5ccc(Oc6ccc(OC)cc6)cc5)cc4)cc3)c(S(=O)(=O)[O-])c2)c1.C#Cc1cc(F)cc(F)c1.O=C(c1ccc(F)cc1)c1ccc(F)cc1.O=S(=O)([O-])c1cc(O)ccc1O.Oc1ccc(Oc2ccc(O)cc2)cc1.[K+].[K+]. The quantitative estimate of drug-likeness (QED) is 0.0165. The van der Waals surface area contributed by atoms with Gasteiger partial charge in [-0.05, 0) is 261 Å². The Labute approximate surface area is 692 Å². The van der Waals surface area contributed by atoms with Gasteiger partial charge in [-0.2, -0.15) is 0 Å². The Morgan fingerprint density at radius 2 is 0.670 bits per heavy atom. The number of rotatable bonds is 17. The van der Waals surface area contributed by atoms with E-state index in [-0.39, 0.29) is 154 Å². The summed E-state index contributed by atoms with van der Waals surface area (Å²) in [6.45, 7) is 1.84. The van der Waals surface area contributed by atoms with E-state index in [2.05, 4.69) is 11.8 Å². The third-order valence-corrected chi connectivity index (χ3v) is 15.5. The number of hydrogen-bond acceptors (Lipinski definition) is 18. The molecular weight excluding hydrogens is 1470 g/mol. The van der Waals surface area contributed by atoms with Crippen LogP contribution < -0.4 is 131 Å². The molecule has 12 aromatic carbocycles. The van der Waals surface area contributed by atoms with Crippen molar-refractivity contribution in [2.45, 2.75) is 16.7 Å². The number of ether oxygens (including phenoxy) is 6. The molecule has 0 spiro atoms. The fraction of sp³-hybridized carbons (Fsp3) is 0.0250. The van der Waals surface area contributed by atoms with Crippen molar-refractivity contribution in [3.63, 3.8) is 0 Å². The molecule has 0 amide bonds. The summed E-state index contributed by atoms with van der Waals surface area (Å²) in [7, 11) is -8.06. The maximum atomic E-state index is 13.2. The molecule has 18 nitrogen and oxygen atoms in total. The largest absolute Gasteiger partial charge is 1.00 e. The molecule has 26 heteroatoms. The summed E-state index contributed by atoms with van der Waals surface area (Å²) in [6, 6.07) is 65.3. The Morgan fingerprint density at radius 3 is 1.04 bits per heavy atom. The molecule has 12 aromatic rings. The van der Waals surface area contributed by atoms with Gasteiger partial charge in [-0.3, -0.25) is 9.59 Å². The summed E-state index contributed by atoms with van der Waals surface area (Å²) >= 11 is 0. The van der Waals surface area contributed by atoms with Gasteiger partial charge < -0.3 is 58.0 Å². The molecule has 526 valence electrons. The molecular formula is C80H56F4K2O18S2. The van der Waals surface area contributed by atoms with Crippen molar-refractivity contribution in [2.24, 2.45) is 0 Å². The first-order valence-corrected chi connectivity index (χ1v) is 33.0. The van der Waals surface area contributed by atoms with E-state index >= 15 is 0 Å². The second-order valence-electron chi connectivity index (χ2n) is 21.5. The number of hydrogen-bond donors (Lipinski definition) is 4. The first-order chi connectivity index (χ1) is 49.6. The van der Waals surface area contributed by atoms with Crippen molar-refractivity contribution in [1.82, 2.24) is 0 Å². The zero-order valence-electron chi connectivity index (χ0n) is 56.4. The van der Waals surface area contributed by atoms with Crippen LogP contribution in [0.5, 0.6) is 86.2 Å². The van der Waals surface area contributed by atoms with Crippen LogP contribution in [0.2, 0.25) is 0 Å². The number of halogens is 4. The number of ketones is 2. The first-order valence-electron chi connectivity index (χ1n) is 30.2. The van der Waals surface area contributed by atoms with E-state index < -0.39 is 59.0 Å². The maximum absolute atomic E-state index is 13.2. The Bertz CT molecular complexity index is 5170. The third kappa shape index (κ3) is 26.8. The van der Waals surface area contributed by atoms with Crippen molar-refractivity contribution < 1.29 is 205 Å². The zero-order valence-corrected chi connectivity index (χ0v) is 64.3. The predicted octanol–water partition coefficient (Wildman–Crippen LogP) is 11.3. The molecule has 0 radical (unpaired) electrons. The smallest absolute Gasteiger partial charge is 0.744 e. The van der Waals surface area contributed by atoms with Gasteiger partial charge in [0.2, 0.25) is 0 Å². The van der Waals surface area contributed by atoms with Gasteiger partial charge in [-0.25, -0.2) is 34.4 Å². The topological polar surface area (TPSA) is 285 Å². The van der Waals surface area contributed by atoms with Crippen LogP contribution in [0.15, 0.2) is 277 Å². The van der Waals surface area contributed by atoms with Crippen molar-refractivity contribution in [3.05, 3.63) is 329 Å². The molecule has 4 N–H and O–H groups in total. The van der Waals surface area contributed by atoms with Gasteiger partial charge in [0.15, 0.2) is 11.6 Å². The third-order valence-electron chi connectivity index (χ3n) is 13.8. The van der Waals surface area contributed by atoms with Gasteiger partial charge >= 0.3 is 103 Å². The first kappa shape index (κ1) is 84.8. The minimum Gasteiger partial charge on any atom is -0.744 e. The second-order valence-corrected chi connectivity index (χ2v) is 24.2. The molecule has 12 rings (SSSR count). The number of phenolic OH excluding ortho intramolecular Hbond substituents is 4. The number of methoxy groups -OCH3 is 1. The standard InChI is InChI=1S/C41H30O9S.C13H8F2O.C12H10O3.C8H4F2.C6H6O5S.2K/c1-4-28-23-27(2)24-38(25-28)49-37-21-22-39(40(26-37)51(43,44)45)50-36-11-7-30(8-12-36)41(42)29-5-9-32(10-6-29)47-34-17-19-35(20-18-34)48-33-15-13-31(46-3)14-16-33;14-11-5-1-9(2-6-11)13(16)10-3-7-12(15)8-4-10;13-9-1-5-11(6-2-9)15-12-7-3-10(14)4-8-12;1-2-6-3-7(9)5-8(10)4-6;7-4-1-2-5(8)6(3-4)12(9,10)11;;/h1,5-26H,2-3H3,(H,43,44,45);1-8H;1-8,13-14H;1,3-5H;1-3,7-8H,(H,9,10,11);;/q;;;;;2*+1/p-2. The van der Waals surface area contributed by atoms with Crippen LogP contribution in [-0.4, -0.2) is 65.0 Å². The summed E-state index contributed by atoms with van der Waals surface area (Å²) in [5.74, 6) is 6.40. The van der Waals surface area contributed by atoms with E-state index in [0.29, 0.717) is 74.1 Å². The van der Waals surface area contributed by atoms with E-state index in [0.717, 1.165) is 47.7 Å². The second kappa shape index (κ2) is 40.4. The van der Waals surface area contributed by atoms with Crippen molar-refractivity contribution >= 4 is 31.8 Å². The molecule has 0 bridgehead atoms. The van der Waals surface area contributed by atoms with Gasteiger partial charge in [0.25, 0.3) is 0 Å². The van der Waals surface area contributed by atoms with E-state index in [1.807, 2.05) is 31.2 Å². The molecule has 0 saturated heterocycles. The van der Waals surface area contributed by atoms with Crippen LogP contribution in [-0.2, 0) is 20.2 Å². The number of terminal acetylenes is 2. The van der Waals surface area contributed by atoms with Crippen LogP contribution in [0.3, 0.4) is 0 Å². The zero-order chi connectivity index (χ0) is 75.1. The van der Waals surface area contributed by atoms with Gasteiger partial charge in [0.05, 0.1) is 12.0 Å². The van der Waals surface area contributed by atoms with Crippen LogP contribution in [0.4, 0.5) is 17.6 Å². The average Bonchev–Trinajstić information content (AvgIpc) is 0.803. The summed E-state index contributed by atoms with van der Waals surface area (Å²) in [4.78, 5) is 23.6. The summed E-state index contributed by atoms with van der Waals surface area (Å²) < 4.78 is 151. The molecule has 0 aliphatic heterocycles. The summed E-state index contributed by atoms with van der Waals surface area (Å²) in [5, 5.41) is 35.8. The Kier molecular flexibility index (Phi) is 32.4. The molecule has 0 heterocycles. The van der Waals surface area contributed by atoms with E-state index in [1.54, 1.807) is 135 Å². The maximum Gasteiger partial charge on any atom is 1.00 e. The molecule has 0 fully saturated rings. The summed E-state index contributed by atoms with van der Waals surface area (Å²) in [5.41, 5.74) is 3.22. The number of benzene rings is 12. The molecule has 0 atom stereocenters. The normalized spacial score (nSPS) is 10.3. The molecule has 0 saturated carbocycles. The van der Waals surface area contributed by atoms with Gasteiger partial charge in [0.1, 0.15) is 135 Å².